The Morgan fingerprint density at radius 3 is 1.20 bits per heavy atom. The van der Waals surface area contributed by atoms with Crippen LogP contribution in [0.1, 0.15) is 92.4 Å². The van der Waals surface area contributed by atoms with Crippen molar-refractivity contribution in [2.45, 2.75) is 51.1 Å². The quantitative estimate of drug-likeness (QED) is 0.163. The van der Waals surface area contributed by atoms with E-state index in [9.17, 15) is 26.3 Å². The van der Waals surface area contributed by atoms with Crippen molar-refractivity contribution >= 4 is 35.5 Å². The molecular formula is C56H48F6N2. The first-order valence-electron chi connectivity index (χ1n) is 21.9. The minimum Gasteiger partial charge on any atom is -0.298 e. The summed E-state index contributed by atoms with van der Waals surface area (Å²) < 4.78 is 79.3. The van der Waals surface area contributed by atoms with Gasteiger partial charge in [-0.25, -0.2) is 0 Å². The number of rotatable bonds is 4. The van der Waals surface area contributed by atoms with E-state index in [4.69, 9.17) is 0 Å². The van der Waals surface area contributed by atoms with Gasteiger partial charge in [0.2, 0.25) is 0 Å². The van der Waals surface area contributed by atoms with Gasteiger partial charge in [-0.3, -0.25) is 9.80 Å². The molecule has 324 valence electrons. The highest BCUT2D eigenvalue weighted by Gasteiger charge is 2.34. The molecule has 6 aromatic rings. The zero-order valence-corrected chi connectivity index (χ0v) is 35.4. The van der Waals surface area contributed by atoms with E-state index in [0.717, 1.165) is 57.9 Å². The Balaban J connectivity index is 0.000000162. The van der Waals surface area contributed by atoms with Crippen LogP contribution in [0.3, 0.4) is 0 Å². The molecule has 6 aromatic carbocycles. The Kier molecular flexibility index (Phi) is 12.4. The van der Waals surface area contributed by atoms with Gasteiger partial charge in [0.1, 0.15) is 0 Å². The highest BCUT2D eigenvalue weighted by Crippen LogP contribution is 2.41. The first kappa shape index (κ1) is 43.1. The van der Waals surface area contributed by atoms with Crippen molar-refractivity contribution in [2.24, 2.45) is 0 Å². The Morgan fingerprint density at radius 1 is 0.391 bits per heavy atom. The van der Waals surface area contributed by atoms with E-state index in [2.05, 4.69) is 131 Å². The topological polar surface area (TPSA) is 6.48 Å². The van der Waals surface area contributed by atoms with Crippen molar-refractivity contribution in [1.29, 1.82) is 0 Å². The fourth-order valence-electron chi connectivity index (χ4n) is 9.63. The molecule has 0 unspecified atom stereocenters. The summed E-state index contributed by atoms with van der Waals surface area (Å²) in [6.45, 7) is 4.06. The summed E-state index contributed by atoms with van der Waals surface area (Å²) >= 11 is 0. The van der Waals surface area contributed by atoms with Gasteiger partial charge in [0.15, 0.2) is 0 Å². The number of hydrogen-bond acceptors (Lipinski definition) is 2. The maximum Gasteiger partial charge on any atom is 0.416 e. The molecule has 0 radical (unpaired) electrons. The van der Waals surface area contributed by atoms with Crippen LogP contribution in [0.2, 0.25) is 0 Å². The van der Waals surface area contributed by atoms with Gasteiger partial charge < -0.3 is 0 Å². The maximum atomic E-state index is 13.4. The predicted octanol–water partition coefficient (Wildman–Crippen LogP) is 14.6. The van der Waals surface area contributed by atoms with Crippen molar-refractivity contribution in [3.63, 3.8) is 0 Å². The fraction of sp³-hybridized carbons (Fsp3) is 0.214. The largest absolute Gasteiger partial charge is 0.416 e. The monoisotopic (exact) mass is 862 g/mol. The number of fused-ring (bicyclic) bond motifs is 4. The van der Waals surface area contributed by atoms with Crippen molar-refractivity contribution in [1.82, 2.24) is 9.80 Å². The van der Waals surface area contributed by atoms with Gasteiger partial charge in [-0.1, -0.05) is 169 Å². The minimum atomic E-state index is -4.32. The molecule has 10 rings (SSSR count). The Morgan fingerprint density at radius 2 is 0.781 bits per heavy atom. The summed E-state index contributed by atoms with van der Waals surface area (Å²) in [5.74, 6) is 0. The summed E-state index contributed by atoms with van der Waals surface area (Å²) in [4.78, 5) is 4.40. The van der Waals surface area contributed by atoms with E-state index < -0.39 is 23.5 Å². The van der Waals surface area contributed by atoms with Gasteiger partial charge in [0.25, 0.3) is 0 Å². The van der Waals surface area contributed by atoms with Crippen LogP contribution in [0.5, 0.6) is 0 Å². The number of piperidine rings is 2. The molecule has 2 saturated heterocycles. The molecule has 0 saturated carbocycles. The average molecular weight is 863 g/mol. The molecule has 2 fully saturated rings. The third kappa shape index (κ3) is 9.49. The third-order valence-electron chi connectivity index (χ3n) is 12.8. The number of hydrogen-bond donors (Lipinski definition) is 0. The van der Waals surface area contributed by atoms with Gasteiger partial charge in [0, 0.05) is 39.3 Å². The van der Waals surface area contributed by atoms with Crippen LogP contribution in [0.15, 0.2) is 157 Å². The third-order valence-corrected chi connectivity index (χ3v) is 12.8. The second-order valence-corrected chi connectivity index (χ2v) is 16.9. The van der Waals surface area contributed by atoms with Crippen LogP contribution in [0.25, 0.3) is 35.5 Å². The molecule has 0 amide bonds. The molecule has 0 spiro atoms. The number of nitrogens with zero attached hydrogens (tertiary/aromatic N) is 2. The molecule has 0 N–H and O–H groups in total. The molecule has 2 aliphatic carbocycles. The first-order valence-corrected chi connectivity index (χ1v) is 21.9. The molecule has 2 heterocycles. The normalized spacial score (nSPS) is 16.5. The SMILES string of the molecule is FC(F)(F)c1cccc(CN2CCC(=C3c4ccccc4C=Cc4ccccc43)CC2)c1.FC(F)(F)c1ccccc1CN1CCC(=C2c3ccccc3C=Cc3ccccc32)CC1. The molecule has 64 heavy (non-hydrogen) atoms. The lowest BCUT2D eigenvalue weighted by molar-refractivity contribution is -0.139. The van der Waals surface area contributed by atoms with Crippen molar-refractivity contribution in [3.05, 3.63) is 224 Å². The smallest absolute Gasteiger partial charge is 0.298 e. The van der Waals surface area contributed by atoms with Gasteiger partial charge in [-0.05, 0) is 105 Å². The lowest BCUT2D eigenvalue weighted by atomic mass is 9.86. The fourth-order valence-corrected chi connectivity index (χ4v) is 9.63. The van der Waals surface area contributed by atoms with Crippen molar-refractivity contribution in [3.8, 4) is 0 Å². The van der Waals surface area contributed by atoms with Crippen LogP contribution >= 0.6 is 0 Å². The highest BCUT2D eigenvalue weighted by atomic mass is 19.4. The summed E-state index contributed by atoms with van der Waals surface area (Å²) in [5, 5.41) is 0. The average Bonchev–Trinajstić information content (AvgIpc) is 3.58. The Hall–Kier alpha value is -6.22. The number of likely N-dealkylation sites (tertiary alicyclic amines) is 2. The van der Waals surface area contributed by atoms with Gasteiger partial charge in [0.05, 0.1) is 11.1 Å². The van der Waals surface area contributed by atoms with Crippen LogP contribution in [-0.2, 0) is 25.4 Å². The molecule has 2 nitrogen and oxygen atoms in total. The molecule has 0 atom stereocenters. The minimum absolute atomic E-state index is 0.326. The van der Waals surface area contributed by atoms with Gasteiger partial charge >= 0.3 is 12.4 Å². The summed E-state index contributed by atoms with van der Waals surface area (Å²) in [7, 11) is 0. The number of benzene rings is 6. The molecule has 4 aliphatic rings. The summed E-state index contributed by atoms with van der Waals surface area (Å²) in [5.41, 5.74) is 15.2. The first-order chi connectivity index (χ1) is 31.0. The van der Waals surface area contributed by atoms with Crippen molar-refractivity contribution < 1.29 is 26.3 Å². The lowest BCUT2D eigenvalue weighted by Crippen LogP contribution is -2.31. The van der Waals surface area contributed by atoms with Crippen LogP contribution in [0, 0.1) is 0 Å². The van der Waals surface area contributed by atoms with Gasteiger partial charge in [-0.2, -0.15) is 26.3 Å². The van der Waals surface area contributed by atoms with Crippen LogP contribution in [0.4, 0.5) is 26.3 Å². The second kappa shape index (κ2) is 18.5. The highest BCUT2D eigenvalue weighted by molar-refractivity contribution is 5.96. The number of halogens is 6. The molecule has 2 aliphatic heterocycles. The van der Waals surface area contributed by atoms with E-state index in [1.165, 1.54) is 91.1 Å². The van der Waals surface area contributed by atoms with E-state index >= 15 is 0 Å². The molecular weight excluding hydrogens is 815 g/mol. The van der Waals surface area contributed by atoms with Crippen LogP contribution < -0.4 is 0 Å². The Labute approximate surface area is 371 Å². The zero-order chi connectivity index (χ0) is 44.3. The zero-order valence-electron chi connectivity index (χ0n) is 35.4. The maximum absolute atomic E-state index is 13.4. The van der Waals surface area contributed by atoms with E-state index in [1.54, 1.807) is 18.2 Å². The van der Waals surface area contributed by atoms with Crippen molar-refractivity contribution in [2.75, 3.05) is 26.2 Å². The van der Waals surface area contributed by atoms with E-state index in [1.807, 2.05) is 0 Å². The molecule has 8 heteroatoms. The van der Waals surface area contributed by atoms with E-state index in [-0.39, 0.29) is 0 Å². The molecule has 0 aromatic heterocycles. The second-order valence-electron chi connectivity index (χ2n) is 16.9. The summed E-state index contributed by atoms with van der Waals surface area (Å²) in [6.07, 6.45) is 3.63. The van der Waals surface area contributed by atoms with Gasteiger partial charge in [-0.15, -0.1) is 0 Å². The predicted molar refractivity (Wildman–Crippen MR) is 248 cm³/mol. The standard InChI is InChI=1S/2C28H24F3N/c29-28(30,31)26-12-6-3-9-23(26)19-32-17-15-22(16-18-32)27-24-10-4-1-7-20(24)13-14-21-8-2-5-11-25(21)27;29-28(30,31)24-9-5-6-20(18-24)19-32-16-14-23(15-17-32)27-25-10-3-1-7-21(25)12-13-22-8-2-4-11-26(22)27/h1-14H,15-19H2;1-13,18H,14-17,19H2. The van der Waals surface area contributed by atoms with Crippen LogP contribution in [-0.4, -0.2) is 36.0 Å². The van der Waals surface area contributed by atoms with E-state index in [0.29, 0.717) is 24.2 Å². The number of alkyl halides is 6. The molecule has 0 bridgehead atoms. The lowest BCUT2D eigenvalue weighted by Gasteiger charge is -2.31. The Bertz CT molecular complexity index is 2660. The summed E-state index contributed by atoms with van der Waals surface area (Å²) in [6, 6.07) is 45.5.